The van der Waals surface area contributed by atoms with Crippen LogP contribution in [0.15, 0.2) is 18.2 Å². The van der Waals surface area contributed by atoms with Gasteiger partial charge < -0.3 is 15.7 Å². The number of carbonyl (C=O) groups is 2. The summed E-state index contributed by atoms with van der Waals surface area (Å²) in [6.45, 7) is 2.80. The maximum Gasteiger partial charge on any atom is 0.251 e. The summed E-state index contributed by atoms with van der Waals surface area (Å²) in [4.78, 5) is 23.5. The second-order valence-electron chi connectivity index (χ2n) is 5.47. The molecule has 0 saturated carbocycles. The number of hydrogen-bond acceptors (Lipinski definition) is 3. The van der Waals surface area contributed by atoms with Crippen molar-refractivity contribution < 1.29 is 14.7 Å². The van der Waals surface area contributed by atoms with Crippen molar-refractivity contribution >= 4 is 17.5 Å². The third kappa shape index (κ3) is 4.04. The fourth-order valence-corrected chi connectivity index (χ4v) is 2.63. The monoisotopic (exact) mass is 290 g/mol. The Morgan fingerprint density at radius 3 is 2.95 bits per heavy atom. The Bertz CT molecular complexity index is 522. The largest absolute Gasteiger partial charge is 0.396 e. The Kier molecular flexibility index (Phi) is 5.33. The number of fused-ring (bicyclic) bond motifs is 1. The maximum absolute atomic E-state index is 12.2. The molecule has 3 N–H and O–H groups in total. The Labute approximate surface area is 124 Å². The number of nitrogens with one attached hydrogen (secondary N) is 2. The molecule has 0 fully saturated rings. The molecule has 0 spiro atoms. The van der Waals surface area contributed by atoms with Crippen LogP contribution in [0.1, 0.15) is 42.1 Å². The van der Waals surface area contributed by atoms with E-state index in [9.17, 15) is 9.59 Å². The number of hydrogen-bond donors (Lipinski definition) is 3. The molecule has 0 bridgehead atoms. The van der Waals surface area contributed by atoms with Gasteiger partial charge in [0, 0.05) is 24.4 Å². The van der Waals surface area contributed by atoms with Crippen LogP contribution in [0.2, 0.25) is 0 Å². The quantitative estimate of drug-likeness (QED) is 0.715. The molecule has 0 saturated heterocycles. The summed E-state index contributed by atoms with van der Waals surface area (Å²) < 4.78 is 0. The van der Waals surface area contributed by atoms with E-state index in [1.165, 1.54) is 0 Å². The van der Waals surface area contributed by atoms with E-state index >= 15 is 0 Å². The first-order chi connectivity index (χ1) is 10.1. The van der Waals surface area contributed by atoms with Gasteiger partial charge in [-0.05, 0) is 36.5 Å². The lowest BCUT2D eigenvalue weighted by molar-refractivity contribution is -0.115. The summed E-state index contributed by atoms with van der Waals surface area (Å²) in [5.41, 5.74) is 2.21. The number of aliphatic hydroxyl groups excluding tert-OH is 1. The van der Waals surface area contributed by atoms with Crippen molar-refractivity contribution in [1.82, 2.24) is 5.32 Å². The summed E-state index contributed by atoms with van der Waals surface area (Å²) in [7, 11) is 0. The van der Waals surface area contributed by atoms with Crippen LogP contribution in [0, 0.1) is 5.92 Å². The first-order valence-corrected chi connectivity index (χ1v) is 7.46. The van der Waals surface area contributed by atoms with Crippen LogP contribution < -0.4 is 10.6 Å². The van der Waals surface area contributed by atoms with Crippen LogP contribution in [0.3, 0.4) is 0 Å². The summed E-state index contributed by atoms with van der Waals surface area (Å²) >= 11 is 0. The zero-order valence-electron chi connectivity index (χ0n) is 12.3. The summed E-state index contributed by atoms with van der Waals surface area (Å²) in [6, 6.07) is 5.28. The van der Waals surface area contributed by atoms with Crippen LogP contribution in [-0.2, 0) is 11.2 Å². The minimum atomic E-state index is -0.141. The molecular weight excluding hydrogens is 268 g/mol. The Morgan fingerprint density at radius 2 is 2.24 bits per heavy atom. The summed E-state index contributed by atoms with van der Waals surface area (Å²) in [5.74, 6) is 0.129. The molecule has 21 heavy (non-hydrogen) atoms. The predicted octanol–water partition coefficient (Wildman–Crippen LogP) is 1.71. The highest BCUT2D eigenvalue weighted by atomic mass is 16.3. The molecule has 1 unspecified atom stereocenters. The third-order valence-electron chi connectivity index (χ3n) is 3.78. The van der Waals surface area contributed by atoms with Crippen molar-refractivity contribution in [2.75, 3.05) is 18.5 Å². The van der Waals surface area contributed by atoms with E-state index in [1.807, 2.05) is 6.07 Å². The van der Waals surface area contributed by atoms with E-state index < -0.39 is 0 Å². The number of rotatable bonds is 7. The number of aliphatic hydroxyl groups is 1. The molecule has 1 aromatic carbocycles. The minimum absolute atomic E-state index is 0.0338. The second-order valence-corrected chi connectivity index (χ2v) is 5.47. The first-order valence-electron chi connectivity index (χ1n) is 7.46. The van der Waals surface area contributed by atoms with Gasteiger partial charge in [0.25, 0.3) is 5.91 Å². The molecular formula is C16H22N2O3. The van der Waals surface area contributed by atoms with Gasteiger partial charge in [-0.3, -0.25) is 9.59 Å². The van der Waals surface area contributed by atoms with Crippen LogP contribution in [0.5, 0.6) is 0 Å². The molecule has 0 radical (unpaired) electrons. The van der Waals surface area contributed by atoms with Gasteiger partial charge in [0.1, 0.15) is 0 Å². The van der Waals surface area contributed by atoms with Crippen molar-refractivity contribution in [2.45, 2.75) is 32.6 Å². The van der Waals surface area contributed by atoms with Crippen LogP contribution in [-0.4, -0.2) is 30.1 Å². The normalized spacial score (nSPS) is 14.5. The van der Waals surface area contributed by atoms with Crippen molar-refractivity contribution in [1.29, 1.82) is 0 Å². The zero-order valence-corrected chi connectivity index (χ0v) is 12.3. The van der Waals surface area contributed by atoms with E-state index in [0.29, 0.717) is 30.9 Å². The lowest BCUT2D eigenvalue weighted by Crippen LogP contribution is -2.29. The SMILES string of the molecule is CCCC(CCO)CNC(=O)c1ccc2c(c1)NC(=O)C2. The van der Waals surface area contributed by atoms with E-state index in [-0.39, 0.29) is 18.4 Å². The smallest absolute Gasteiger partial charge is 0.251 e. The molecule has 5 heteroatoms. The van der Waals surface area contributed by atoms with Gasteiger partial charge in [-0.15, -0.1) is 0 Å². The van der Waals surface area contributed by atoms with Gasteiger partial charge in [-0.2, -0.15) is 0 Å². The Hall–Kier alpha value is -1.88. The summed E-state index contributed by atoms with van der Waals surface area (Å²) in [5, 5.41) is 14.7. The Balaban J connectivity index is 1.94. The number of carbonyl (C=O) groups excluding carboxylic acids is 2. The van der Waals surface area contributed by atoms with Crippen LogP contribution in [0.4, 0.5) is 5.69 Å². The van der Waals surface area contributed by atoms with Crippen molar-refractivity contribution in [3.05, 3.63) is 29.3 Å². The van der Waals surface area contributed by atoms with E-state index in [1.54, 1.807) is 12.1 Å². The average molecular weight is 290 g/mol. The maximum atomic E-state index is 12.2. The molecule has 5 nitrogen and oxygen atoms in total. The van der Waals surface area contributed by atoms with Crippen molar-refractivity contribution in [3.63, 3.8) is 0 Å². The molecule has 2 rings (SSSR count). The van der Waals surface area contributed by atoms with Gasteiger partial charge in [-0.1, -0.05) is 19.4 Å². The topological polar surface area (TPSA) is 78.4 Å². The van der Waals surface area contributed by atoms with E-state index in [2.05, 4.69) is 17.6 Å². The molecule has 1 aromatic rings. The lowest BCUT2D eigenvalue weighted by Gasteiger charge is -2.15. The molecule has 0 aromatic heterocycles. The number of amides is 2. The van der Waals surface area contributed by atoms with Gasteiger partial charge in [0.2, 0.25) is 5.91 Å². The van der Waals surface area contributed by atoms with Crippen molar-refractivity contribution in [2.24, 2.45) is 5.92 Å². The first kappa shape index (κ1) is 15.5. The number of anilines is 1. The molecule has 114 valence electrons. The standard InChI is InChI=1S/C16H22N2O3/c1-2-3-11(6-7-19)10-17-16(21)13-5-4-12-9-15(20)18-14(12)8-13/h4-5,8,11,19H,2-3,6-7,9-10H2,1H3,(H,17,21)(H,18,20). The highest BCUT2D eigenvalue weighted by molar-refractivity contribution is 6.02. The van der Waals surface area contributed by atoms with Gasteiger partial charge >= 0.3 is 0 Å². The number of benzene rings is 1. The third-order valence-corrected chi connectivity index (χ3v) is 3.78. The second kappa shape index (κ2) is 7.22. The highest BCUT2D eigenvalue weighted by Gasteiger charge is 2.19. The molecule has 2 amide bonds. The highest BCUT2D eigenvalue weighted by Crippen LogP contribution is 2.24. The Morgan fingerprint density at radius 1 is 1.43 bits per heavy atom. The van der Waals surface area contributed by atoms with E-state index in [0.717, 1.165) is 24.1 Å². The fourth-order valence-electron chi connectivity index (χ4n) is 2.63. The average Bonchev–Trinajstić information content (AvgIpc) is 2.84. The lowest BCUT2D eigenvalue weighted by atomic mass is 10.00. The molecule has 1 atom stereocenters. The van der Waals surface area contributed by atoms with Crippen molar-refractivity contribution in [3.8, 4) is 0 Å². The summed E-state index contributed by atoms with van der Waals surface area (Å²) in [6.07, 6.45) is 3.10. The van der Waals surface area contributed by atoms with E-state index in [4.69, 9.17) is 5.11 Å². The minimum Gasteiger partial charge on any atom is -0.396 e. The van der Waals surface area contributed by atoms with Gasteiger partial charge in [-0.25, -0.2) is 0 Å². The molecule has 0 aliphatic carbocycles. The van der Waals surface area contributed by atoms with Crippen LogP contribution in [0.25, 0.3) is 0 Å². The molecule has 1 aliphatic heterocycles. The molecule has 1 heterocycles. The molecule has 1 aliphatic rings. The fraction of sp³-hybridized carbons (Fsp3) is 0.500. The van der Waals surface area contributed by atoms with Gasteiger partial charge in [0.05, 0.1) is 6.42 Å². The van der Waals surface area contributed by atoms with Gasteiger partial charge in [0.15, 0.2) is 0 Å². The van der Waals surface area contributed by atoms with Crippen LogP contribution >= 0.6 is 0 Å². The predicted molar refractivity (Wildman–Crippen MR) is 81.2 cm³/mol. The zero-order chi connectivity index (χ0) is 15.2.